The second-order valence-electron chi connectivity index (χ2n) is 6.83. The van der Waals surface area contributed by atoms with Gasteiger partial charge in [-0.2, -0.15) is 0 Å². The molecule has 3 rings (SSSR count). The standard InChI is InChI=1S/C18H23F3N2O3/c1-25-16(24)23(12-14-6-3-10-22-14)17(8-4-9-17)13-5-2-7-15(11-13)26-18(19,20)21/h2,5,7,11,14,22H,3-4,6,8-10,12H2,1H3/t14-/m0/s1. The molecule has 1 aliphatic heterocycles. The fraction of sp³-hybridized carbons (Fsp3) is 0.611. The molecule has 2 aliphatic rings. The number of nitrogens with one attached hydrogen (secondary N) is 1. The van der Waals surface area contributed by atoms with Crippen molar-refractivity contribution >= 4 is 6.09 Å². The van der Waals surface area contributed by atoms with E-state index in [4.69, 9.17) is 4.74 Å². The Morgan fingerprint density at radius 3 is 2.65 bits per heavy atom. The van der Waals surface area contributed by atoms with Gasteiger partial charge in [-0.15, -0.1) is 13.2 Å². The van der Waals surface area contributed by atoms with Crippen molar-refractivity contribution < 1.29 is 27.4 Å². The summed E-state index contributed by atoms with van der Waals surface area (Å²) in [5, 5.41) is 3.36. The molecule has 1 aliphatic carbocycles. The van der Waals surface area contributed by atoms with Gasteiger partial charge in [0.15, 0.2) is 0 Å². The number of benzene rings is 1. The SMILES string of the molecule is COC(=O)N(C[C@@H]1CCCN1)C1(c2cccc(OC(F)(F)F)c2)CCC1. The Morgan fingerprint density at radius 1 is 1.35 bits per heavy atom. The molecule has 0 bridgehead atoms. The average molecular weight is 372 g/mol. The van der Waals surface area contributed by atoms with Crippen LogP contribution in [0.1, 0.15) is 37.7 Å². The highest BCUT2D eigenvalue weighted by Gasteiger charge is 2.48. The van der Waals surface area contributed by atoms with Crippen LogP contribution < -0.4 is 10.1 Å². The zero-order chi connectivity index (χ0) is 18.8. The predicted octanol–water partition coefficient (Wildman–Crippen LogP) is 3.78. The molecule has 0 radical (unpaired) electrons. The van der Waals surface area contributed by atoms with Gasteiger partial charge in [0.1, 0.15) is 5.75 Å². The van der Waals surface area contributed by atoms with E-state index in [9.17, 15) is 18.0 Å². The van der Waals surface area contributed by atoms with Gasteiger partial charge < -0.3 is 14.8 Å². The summed E-state index contributed by atoms with van der Waals surface area (Å²) in [7, 11) is 1.33. The largest absolute Gasteiger partial charge is 0.573 e. The number of rotatable bonds is 5. The number of nitrogens with zero attached hydrogens (tertiary/aromatic N) is 1. The molecule has 1 atom stereocenters. The van der Waals surface area contributed by atoms with Crippen molar-refractivity contribution in [2.24, 2.45) is 0 Å². The zero-order valence-electron chi connectivity index (χ0n) is 14.6. The van der Waals surface area contributed by atoms with Crippen molar-refractivity contribution in [1.82, 2.24) is 10.2 Å². The topological polar surface area (TPSA) is 50.8 Å². The molecule has 1 amide bonds. The minimum Gasteiger partial charge on any atom is -0.453 e. The number of halogens is 3. The van der Waals surface area contributed by atoms with Crippen LogP contribution in [0, 0.1) is 0 Å². The van der Waals surface area contributed by atoms with Crippen molar-refractivity contribution in [3.8, 4) is 5.75 Å². The Morgan fingerprint density at radius 2 is 2.12 bits per heavy atom. The smallest absolute Gasteiger partial charge is 0.453 e. The molecular weight excluding hydrogens is 349 g/mol. The molecule has 0 spiro atoms. The van der Waals surface area contributed by atoms with E-state index in [0.29, 0.717) is 24.9 Å². The van der Waals surface area contributed by atoms with E-state index in [2.05, 4.69) is 10.1 Å². The molecule has 1 saturated carbocycles. The number of hydrogen-bond donors (Lipinski definition) is 1. The van der Waals surface area contributed by atoms with Gasteiger partial charge in [-0.1, -0.05) is 12.1 Å². The number of carbonyl (C=O) groups excluding carboxylic acids is 1. The van der Waals surface area contributed by atoms with Gasteiger partial charge in [0.2, 0.25) is 0 Å². The number of carbonyl (C=O) groups is 1. The molecule has 0 unspecified atom stereocenters. The molecule has 26 heavy (non-hydrogen) atoms. The Hall–Kier alpha value is -1.96. The van der Waals surface area contributed by atoms with Gasteiger partial charge in [0.05, 0.1) is 12.6 Å². The molecule has 1 aromatic rings. The Labute approximate surface area is 150 Å². The van der Waals surface area contributed by atoms with Crippen molar-refractivity contribution in [1.29, 1.82) is 0 Å². The molecule has 1 heterocycles. The third kappa shape index (κ3) is 3.90. The number of methoxy groups -OCH3 is 1. The van der Waals surface area contributed by atoms with E-state index in [1.165, 1.54) is 25.3 Å². The van der Waals surface area contributed by atoms with Crippen LogP contribution in [-0.2, 0) is 10.3 Å². The first-order chi connectivity index (χ1) is 12.3. The first kappa shape index (κ1) is 18.8. The molecule has 2 fully saturated rings. The van der Waals surface area contributed by atoms with Crippen LogP contribution in [0.25, 0.3) is 0 Å². The summed E-state index contributed by atoms with van der Waals surface area (Å²) in [5.74, 6) is -0.273. The van der Waals surface area contributed by atoms with Gasteiger partial charge in [-0.3, -0.25) is 4.90 Å². The average Bonchev–Trinajstić information content (AvgIpc) is 3.04. The van der Waals surface area contributed by atoms with Gasteiger partial charge in [-0.05, 0) is 56.3 Å². The highest BCUT2D eigenvalue weighted by Crippen LogP contribution is 2.48. The number of ether oxygens (including phenoxy) is 2. The molecule has 144 valence electrons. The van der Waals surface area contributed by atoms with E-state index < -0.39 is 18.0 Å². The molecule has 0 aromatic heterocycles. The second-order valence-corrected chi connectivity index (χ2v) is 6.83. The van der Waals surface area contributed by atoms with Crippen LogP contribution in [0.3, 0.4) is 0 Å². The van der Waals surface area contributed by atoms with E-state index in [1.54, 1.807) is 11.0 Å². The maximum absolute atomic E-state index is 12.6. The van der Waals surface area contributed by atoms with E-state index in [1.807, 2.05) is 0 Å². The lowest BCUT2D eigenvalue weighted by Crippen LogP contribution is -2.57. The summed E-state index contributed by atoms with van der Waals surface area (Å²) >= 11 is 0. The van der Waals surface area contributed by atoms with Crippen LogP contribution in [0.4, 0.5) is 18.0 Å². The van der Waals surface area contributed by atoms with Crippen LogP contribution in [0.5, 0.6) is 5.75 Å². The lowest BCUT2D eigenvalue weighted by atomic mass is 9.70. The van der Waals surface area contributed by atoms with Crippen molar-refractivity contribution in [2.75, 3.05) is 20.2 Å². The van der Waals surface area contributed by atoms with E-state index in [-0.39, 0.29) is 11.8 Å². The Bertz CT molecular complexity index is 641. The van der Waals surface area contributed by atoms with Gasteiger partial charge >= 0.3 is 12.5 Å². The molecule has 1 aromatic carbocycles. The maximum Gasteiger partial charge on any atom is 0.573 e. The second kappa shape index (κ2) is 7.34. The normalized spacial score (nSPS) is 21.8. The van der Waals surface area contributed by atoms with Crippen molar-refractivity contribution in [2.45, 2.75) is 50.0 Å². The highest BCUT2D eigenvalue weighted by molar-refractivity contribution is 5.69. The summed E-state index contributed by atoms with van der Waals surface area (Å²) in [4.78, 5) is 14.2. The Kier molecular flexibility index (Phi) is 5.32. The third-order valence-corrected chi connectivity index (χ3v) is 5.26. The van der Waals surface area contributed by atoms with E-state index >= 15 is 0 Å². The van der Waals surface area contributed by atoms with Crippen LogP contribution >= 0.6 is 0 Å². The minimum absolute atomic E-state index is 0.168. The number of amides is 1. The lowest BCUT2D eigenvalue weighted by Gasteiger charge is -2.50. The fourth-order valence-electron chi connectivity index (χ4n) is 3.88. The van der Waals surface area contributed by atoms with Crippen molar-refractivity contribution in [3.63, 3.8) is 0 Å². The quantitative estimate of drug-likeness (QED) is 0.855. The van der Waals surface area contributed by atoms with Gasteiger partial charge in [0, 0.05) is 12.6 Å². The summed E-state index contributed by atoms with van der Waals surface area (Å²) in [5.41, 5.74) is -0.00334. The molecule has 1 N–H and O–H groups in total. The summed E-state index contributed by atoms with van der Waals surface area (Å²) < 4.78 is 46.7. The molecular formula is C18H23F3N2O3. The molecule has 8 heteroatoms. The first-order valence-electron chi connectivity index (χ1n) is 8.79. The monoisotopic (exact) mass is 372 g/mol. The first-order valence-corrected chi connectivity index (χ1v) is 8.79. The Balaban J connectivity index is 1.90. The van der Waals surface area contributed by atoms with Crippen LogP contribution in [0.2, 0.25) is 0 Å². The molecule has 5 nitrogen and oxygen atoms in total. The molecule has 1 saturated heterocycles. The summed E-state index contributed by atoms with van der Waals surface area (Å²) in [6, 6.07) is 6.09. The minimum atomic E-state index is -4.75. The number of alkyl halides is 3. The summed E-state index contributed by atoms with van der Waals surface area (Å²) in [6.45, 7) is 1.37. The van der Waals surface area contributed by atoms with Crippen LogP contribution in [-0.4, -0.2) is 43.6 Å². The maximum atomic E-state index is 12.6. The zero-order valence-corrected chi connectivity index (χ0v) is 14.6. The summed E-state index contributed by atoms with van der Waals surface area (Å²) in [6.07, 6.45) is -0.936. The lowest BCUT2D eigenvalue weighted by molar-refractivity contribution is -0.274. The van der Waals surface area contributed by atoms with Crippen molar-refractivity contribution in [3.05, 3.63) is 29.8 Å². The van der Waals surface area contributed by atoms with Crippen LogP contribution in [0.15, 0.2) is 24.3 Å². The number of hydrogen-bond acceptors (Lipinski definition) is 4. The fourth-order valence-corrected chi connectivity index (χ4v) is 3.88. The third-order valence-electron chi connectivity index (χ3n) is 5.26. The van der Waals surface area contributed by atoms with Gasteiger partial charge in [0.25, 0.3) is 0 Å². The predicted molar refractivity (Wildman–Crippen MR) is 88.8 cm³/mol. The highest BCUT2D eigenvalue weighted by atomic mass is 19.4. The van der Waals surface area contributed by atoms with E-state index in [0.717, 1.165) is 25.8 Å². The van der Waals surface area contributed by atoms with Gasteiger partial charge in [-0.25, -0.2) is 4.79 Å².